The normalized spacial score (nSPS) is 1.72. The van der Waals surface area contributed by atoms with Crippen LogP contribution in [0.25, 0.3) is 0 Å². The molecule has 0 spiro atoms. The van der Waals surface area contributed by atoms with Gasteiger partial charge in [-0.05, 0) is 6.92 Å². The summed E-state index contributed by atoms with van der Waals surface area (Å²) in [4.78, 5) is 0. The van der Waals surface area contributed by atoms with E-state index in [0.29, 0.717) is 0 Å². The molecule has 0 aromatic rings. The maximum atomic E-state index is 3.36. The fourth-order valence-electron chi connectivity index (χ4n) is 0. The lowest BCUT2D eigenvalue weighted by Crippen LogP contribution is -1.27. The van der Waals surface area contributed by atoms with E-state index in [1.165, 1.54) is 12.8 Å². The van der Waals surface area contributed by atoms with Gasteiger partial charge in [0.2, 0.25) is 0 Å². The molecule has 0 aliphatic rings. The molecule has 0 saturated heterocycles. The van der Waals surface area contributed by atoms with Crippen LogP contribution in [0.5, 0.6) is 0 Å². The molecule has 0 aromatic carbocycles. The van der Waals surface area contributed by atoms with Crippen molar-refractivity contribution in [2.75, 3.05) is 0 Å². The van der Waals surface area contributed by atoms with Crippen molar-refractivity contribution in [2.45, 2.75) is 217 Å². The van der Waals surface area contributed by atoms with E-state index >= 15 is 0 Å². The minimum atomic E-state index is 0. The third-order valence-corrected chi connectivity index (χ3v) is 0. The lowest BCUT2D eigenvalue weighted by atomic mass is 10.6. The summed E-state index contributed by atoms with van der Waals surface area (Å²) in [6.07, 6.45) is 4.25. The predicted molar refractivity (Wildman–Crippen MR) is 200 cm³/mol. The van der Waals surface area contributed by atoms with Crippen molar-refractivity contribution >= 4 is 0 Å². The Morgan fingerprint density at radius 2 is 0.344 bits per heavy atom. The largest absolute Gasteiger partial charge is 0.103 e. The van der Waals surface area contributed by atoms with Gasteiger partial charge < -0.3 is 0 Å². The highest BCUT2D eigenvalue weighted by atomic mass is 13.4. The van der Waals surface area contributed by atoms with Crippen molar-refractivity contribution in [1.82, 2.24) is 0 Å². The third kappa shape index (κ3) is 363000. The smallest absolute Gasteiger partial charge is 0.0473 e. The van der Waals surface area contributed by atoms with Crippen molar-refractivity contribution in [2.24, 2.45) is 0 Å². The molecule has 0 aromatic heterocycles. The van der Waals surface area contributed by atoms with Crippen LogP contribution in [0.3, 0.4) is 0 Å². The van der Waals surface area contributed by atoms with Crippen molar-refractivity contribution in [1.29, 1.82) is 0 Å². The summed E-state index contributed by atoms with van der Waals surface area (Å²) in [5, 5.41) is 0. The van der Waals surface area contributed by atoms with Gasteiger partial charge in [-0.1, -0.05) is 216 Å². The van der Waals surface area contributed by atoms with E-state index in [9.17, 15) is 0 Å². The molecular weight excluding hydrogens is 384 g/mol. The zero-order chi connectivity index (χ0) is 10.1. The summed E-state index contributed by atoms with van der Waals surface area (Å²) in [6, 6.07) is 0. The number of hydrogen-bond donors (Lipinski definition) is 0. The fraction of sp³-hybridized carbons (Fsp3) is 0.938. The van der Waals surface area contributed by atoms with Gasteiger partial charge >= 0.3 is 0 Å². The van der Waals surface area contributed by atoms with Crippen LogP contribution in [0.4, 0.5) is 0 Å². The lowest BCUT2D eigenvalue weighted by molar-refractivity contribution is 1.09. The molecule has 0 bridgehead atoms. The van der Waals surface area contributed by atoms with Crippen LogP contribution in [0.15, 0.2) is 12.7 Å². The number of rotatable bonds is 0. The molecule has 0 atom stereocenters. The molecule has 0 saturated carbocycles. The Hall–Kier alpha value is -0.260. The topological polar surface area (TPSA) is 0 Å². The molecule has 32 heavy (non-hydrogen) atoms. The van der Waals surface area contributed by atoms with Gasteiger partial charge in [-0.15, -0.1) is 6.58 Å². The fourth-order valence-corrected chi connectivity index (χ4v) is 0. The highest BCUT2D eigenvalue weighted by Crippen LogP contribution is 1.56. The van der Waals surface area contributed by atoms with Gasteiger partial charge in [-0.25, -0.2) is 0 Å². The highest BCUT2D eigenvalue weighted by Gasteiger charge is 1.36. The lowest BCUT2D eigenvalue weighted by Gasteiger charge is -1.48. The van der Waals surface area contributed by atoms with E-state index in [2.05, 4.69) is 34.3 Å². The maximum absolute atomic E-state index is 3.36. The quantitative estimate of drug-likeness (QED) is 0.292. The predicted octanol–water partition coefficient (Wildman–Crippen LogP) is 18.4. The minimum absolute atomic E-state index is 0. The molecule has 0 amide bonds. The molecule has 0 unspecified atom stereocenters. The van der Waals surface area contributed by atoms with E-state index in [4.69, 9.17) is 0 Å². The Morgan fingerprint density at radius 1 is 0.344 bits per heavy atom. The Labute approximate surface area is 230 Å². The molecule has 240 valence electrons. The Balaban J connectivity index is -0.000000000731. The van der Waals surface area contributed by atoms with Crippen molar-refractivity contribution < 1.29 is 0 Å². The van der Waals surface area contributed by atoms with Gasteiger partial charge in [0.25, 0.3) is 0 Å². The summed E-state index contributed by atoms with van der Waals surface area (Å²) < 4.78 is 0. The maximum Gasteiger partial charge on any atom is -0.0473 e. The van der Waals surface area contributed by atoms with Gasteiger partial charge in [0.1, 0.15) is 0 Å². The third-order valence-electron chi connectivity index (χ3n) is 0. The number of hydrogen-bond acceptors (Lipinski definition) is 0. The number of allylic oxidation sites excluding steroid dienone is 1. The van der Waals surface area contributed by atoms with Gasteiger partial charge in [0, 0.05) is 0 Å². The first-order chi connectivity index (χ1) is 5.24. The first-order valence-corrected chi connectivity index (χ1v) is 4.81. The van der Waals surface area contributed by atoms with Crippen LogP contribution in [-0.4, -0.2) is 0 Å². The van der Waals surface area contributed by atoms with Gasteiger partial charge in [-0.3, -0.25) is 0 Å². The Bertz CT molecular complexity index is 19.2. The molecule has 0 heteroatoms. The SMILES string of the molecule is C.C.C.C.C.C.C.C.C.C.C.C.C.C.C.C.C.C.C.C.C.C=CC.CC.CCC.CCC. The molecule has 0 N–H and O–H groups in total. The van der Waals surface area contributed by atoms with E-state index in [0.717, 1.165) is 0 Å². The van der Waals surface area contributed by atoms with E-state index in [1.54, 1.807) is 6.08 Å². The van der Waals surface area contributed by atoms with Crippen molar-refractivity contribution in [3.8, 4) is 0 Å². The molecule has 0 nitrogen and oxygen atoms in total. The van der Waals surface area contributed by atoms with Gasteiger partial charge in [0.15, 0.2) is 0 Å². The molecule has 0 heterocycles. The highest BCUT2D eigenvalue weighted by molar-refractivity contribution is 4.51. The summed E-state index contributed by atoms with van der Waals surface area (Å²) in [5.74, 6) is 0. The molecule has 0 rings (SSSR count). The van der Waals surface area contributed by atoms with Crippen LogP contribution in [-0.2, 0) is 0 Å². The molecular formula is C32H112. The first kappa shape index (κ1) is 660. The van der Waals surface area contributed by atoms with Crippen LogP contribution >= 0.6 is 0 Å². The zero-order valence-corrected chi connectivity index (χ0v) is 9.70. The van der Waals surface area contributed by atoms with Crippen LogP contribution in [0.1, 0.15) is 217 Å². The van der Waals surface area contributed by atoms with Gasteiger partial charge in [0.05, 0.1) is 0 Å². The molecule has 0 aliphatic carbocycles. The van der Waals surface area contributed by atoms with Crippen LogP contribution < -0.4 is 0 Å². The Morgan fingerprint density at radius 3 is 0.344 bits per heavy atom. The second-order valence-electron chi connectivity index (χ2n) is 1.82. The average Bonchev–Trinajstić information content (AvgIpc) is 1.96. The summed E-state index contributed by atoms with van der Waals surface area (Å²) in [7, 11) is 0. The van der Waals surface area contributed by atoms with E-state index in [-0.39, 0.29) is 156 Å². The van der Waals surface area contributed by atoms with Gasteiger partial charge in [-0.2, -0.15) is 0 Å². The first-order valence-electron chi connectivity index (χ1n) is 4.81. The van der Waals surface area contributed by atoms with E-state index < -0.39 is 0 Å². The van der Waals surface area contributed by atoms with Crippen LogP contribution in [0.2, 0.25) is 0 Å². The molecule has 0 aliphatic heterocycles. The summed E-state index contributed by atoms with van der Waals surface area (Å²) in [6.45, 7) is 17.8. The second kappa shape index (κ2) is 3620. The standard InChI is InChI=1S/2C3H8.C3H6.C2H6.21CH4/c3*1-3-2;1-2;;;;;;;;;;;;;;;;;;;;;/h2*3H2,1-2H3;3H,1H2,2H3;1-2H3;21*1H4. The van der Waals surface area contributed by atoms with Crippen molar-refractivity contribution in [3.05, 3.63) is 12.7 Å². The van der Waals surface area contributed by atoms with Crippen LogP contribution in [0, 0.1) is 0 Å². The Kier molecular flexibility index (Phi) is 74700. The molecule has 0 fully saturated rings. The summed E-state index contributed by atoms with van der Waals surface area (Å²) >= 11 is 0. The minimum Gasteiger partial charge on any atom is -0.103 e. The van der Waals surface area contributed by atoms with Crippen molar-refractivity contribution in [3.63, 3.8) is 0 Å². The average molecular weight is 497 g/mol. The molecule has 0 radical (unpaired) electrons. The summed E-state index contributed by atoms with van der Waals surface area (Å²) in [5.41, 5.74) is 0. The second-order valence-corrected chi connectivity index (χ2v) is 1.82. The monoisotopic (exact) mass is 497 g/mol. The zero-order valence-electron chi connectivity index (χ0n) is 9.70. The van der Waals surface area contributed by atoms with E-state index in [1.807, 2.05) is 20.8 Å².